The normalized spacial score (nSPS) is 22.5. The summed E-state index contributed by atoms with van der Waals surface area (Å²) in [6.07, 6.45) is 2.16. The number of hydrogen-bond donors (Lipinski definition) is 1. The van der Waals surface area contributed by atoms with Crippen LogP contribution >= 0.6 is 0 Å². The molecule has 1 heterocycles. The van der Waals surface area contributed by atoms with E-state index in [-0.39, 0.29) is 5.92 Å². The van der Waals surface area contributed by atoms with Crippen LogP contribution in [0.3, 0.4) is 0 Å². The van der Waals surface area contributed by atoms with Crippen molar-refractivity contribution in [3.8, 4) is 0 Å². The van der Waals surface area contributed by atoms with Crippen LogP contribution in [0.25, 0.3) is 0 Å². The Kier molecular flexibility index (Phi) is 5.92. The molecular formula is C13H27N3O. The Morgan fingerprint density at radius 3 is 2.65 bits per heavy atom. The molecule has 0 saturated carbocycles. The maximum absolute atomic E-state index is 12.4. The fourth-order valence-corrected chi connectivity index (χ4v) is 2.61. The van der Waals surface area contributed by atoms with Crippen LogP contribution in [-0.4, -0.2) is 62.0 Å². The molecule has 1 N–H and O–H groups in total. The minimum atomic E-state index is 0.188. The van der Waals surface area contributed by atoms with Crippen molar-refractivity contribution < 1.29 is 4.79 Å². The van der Waals surface area contributed by atoms with E-state index in [2.05, 4.69) is 38.2 Å². The number of likely N-dealkylation sites (N-methyl/N-ethyl adjacent to an activating group) is 2. The van der Waals surface area contributed by atoms with Gasteiger partial charge in [0.15, 0.2) is 0 Å². The zero-order chi connectivity index (χ0) is 12.8. The van der Waals surface area contributed by atoms with Gasteiger partial charge < -0.3 is 15.1 Å². The van der Waals surface area contributed by atoms with E-state index < -0.39 is 0 Å². The van der Waals surface area contributed by atoms with Crippen molar-refractivity contribution in [2.45, 2.75) is 32.7 Å². The van der Waals surface area contributed by atoms with Crippen molar-refractivity contribution in [2.75, 3.05) is 40.3 Å². The predicted molar refractivity (Wildman–Crippen MR) is 71.0 cm³/mol. The van der Waals surface area contributed by atoms with Gasteiger partial charge in [0.1, 0.15) is 0 Å². The van der Waals surface area contributed by atoms with Gasteiger partial charge in [-0.15, -0.1) is 0 Å². The molecule has 2 atom stereocenters. The molecule has 0 aromatic carbocycles. The summed E-state index contributed by atoms with van der Waals surface area (Å²) in [7, 11) is 4.11. The number of nitrogens with zero attached hydrogens (tertiary/aromatic N) is 2. The van der Waals surface area contributed by atoms with Crippen molar-refractivity contribution in [1.29, 1.82) is 0 Å². The van der Waals surface area contributed by atoms with E-state index in [1.54, 1.807) is 0 Å². The van der Waals surface area contributed by atoms with Crippen molar-refractivity contribution in [1.82, 2.24) is 15.1 Å². The van der Waals surface area contributed by atoms with Gasteiger partial charge in [0, 0.05) is 25.7 Å². The van der Waals surface area contributed by atoms with E-state index >= 15 is 0 Å². The highest BCUT2D eigenvalue weighted by molar-refractivity contribution is 5.79. The molecule has 0 aromatic heterocycles. The first-order chi connectivity index (χ1) is 8.06. The second-order valence-electron chi connectivity index (χ2n) is 5.28. The molecule has 0 aliphatic carbocycles. The van der Waals surface area contributed by atoms with Gasteiger partial charge >= 0.3 is 0 Å². The smallest absolute Gasteiger partial charge is 0.227 e. The largest absolute Gasteiger partial charge is 0.339 e. The molecule has 1 saturated heterocycles. The summed E-state index contributed by atoms with van der Waals surface area (Å²) < 4.78 is 0. The second-order valence-corrected chi connectivity index (χ2v) is 5.28. The molecule has 4 nitrogen and oxygen atoms in total. The van der Waals surface area contributed by atoms with Crippen molar-refractivity contribution in [3.05, 3.63) is 0 Å². The Bertz CT molecular complexity index is 237. The molecular weight excluding hydrogens is 214 g/mol. The Morgan fingerprint density at radius 2 is 2.18 bits per heavy atom. The SMILES string of the molecule is CCN(C(=O)[C@@H]1CCCNC1)C(C)CN(C)C. The molecule has 1 unspecified atom stereocenters. The third kappa shape index (κ3) is 4.28. The van der Waals surface area contributed by atoms with E-state index in [4.69, 9.17) is 0 Å². The second kappa shape index (κ2) is 6.97. The van der Waals surface area contributed by atoms with E-state index in [0.717, 1.165) is 39.0 Å². The average Bonchev–Trinajstić information content (AvgIpc) is 2.30. The lowest BCUT2D eigenvalue weighted by molar-refractivity contribution is -0.138. The Hall–Kier alpha value is -0.610. The molecule has 1 aliphatic rings. The number of nitrogens with one attached hydrogen (secondary N) is 1. The Morgan fingerprint density at radius 1 is 1.47 bits per heavy atom. The van der Waals surface area contributed by atoms with Crippen LogP contribution in [0, 0.1) is 5.92 Å². The molecule has 1 amide bonds. The maximum atomic E-state index is 12.4. The highest BCUT2D eigenvalue weighted by Crippen LogP contribution is 2.15. The summed E-state index contributed by atoms with van der Waals surface area (Å²) in [5.74, 6) is 0.516. The molecule has 0 aromatic rings. The van der Waals surface area contributed by atoms with Crippen molar-refractivity contribution in [2.24, 2.45) is 5.92 Å². The van der Waals surface area contributed by atoms with Gasteiger partial charge in [-0.2, -0.15) is 0 Å². The fraction of sp³-hybridized carbons (Fsp3) is 0.923. The highest BCUT2D eigenvalue weighted by atomic mass is 16.2. The fourth-order valence-electron chi connectivity index (χ4n) is 2.61. The molecule has 0 spiro atoms. The van der Waals surface area contributed by atoms with Crippen molar-refractivity contribution >= 4 is 5.91 Å². The van der Waals surface area contributed by atoms with Gasteiger partial charge in [0.25, 0.3) is 0 Å². The molecule has 17 heavy (non-hydrogen) atoms. The van der Waals surface area contributed by atoms with Gasteiger partial charge in [-0.25, -0.2) is 0 Å². The number of hydrogen-bond acceptors (Lipinski definition) is 3. The first kappa shape index (κ1) is 14.5. The predicted octanol–water partition coefficient (Wildman–Crippen LogP) is 0.785. The van der Waals surface area contributed by atoms with E-state index in [1.807, 2.05) is 4.90 Å². The minimum absolute atomic E-state index is 0.188. The van der Waals surface area contributed by atoms with Gasteiger partial charge in [0.2, 0.25) is 5.91 Å². The summed E-state index contributed by atoms with van der Waals surface area (Å²) in [5.41, 5.74) is 0. The first-order valence-corrected chi connectivity index (χ1v) is 6.72. The highest BCUT2D eigenvalue weighted by Gasteiger charge is 2.27. The third-order valence-corrected chi connectivity index (χ3v) is 3.43. The standard InChI is InChI=1S/C13H27N3O/c1-5-16(11(2)10-15(3)4)13(17)12-7-6-8-14-9-12/h11-12,14H,5-10H2,1-4H3/t11?,12-/m1/s1. The average molecular weight is 241 g/mol. The molecule has 1 rings (SSSR count). The molecule has 0 bridgehead atoms. The molecule has 4 heteroatoms. The summed E-state index contributed by atoms with van der Waals surface area (Å²) in [6, 6.07) is 0.296. The van der Waals surface area contributed by atoms with Crippen LogP contribution in [0.5, 0.6) is 0 Å². The lowest BCUT2D eigenvalue weighted by Crippen LogP contribution is -2.49. The van der Waals surface area contributed by atoms with Crippen LogP contribution in [0.15, 0.2) is 0 Å². The summed E-state index contributed by atoms with van der Waals surface area (Å²) >= 11 is 0. The number of piperidine rings is 1. The Labute approximate surface area is 105 Å². The van der Waals surface area contributed by atoms with Gasteiger partial charge in [-0.05, 0) is 47.3 Å². The van der Waals surface area contributed by atoms with Crippen LogP contribution in [0.2, 0.25) is 0 Å². The number of carbonyl (C=O) groups excluding carboxylic acids is 1. The van der Waals surface area contributed by atoms with Crippen LogP contribution < -0.4 is 5.32 Å². The van der Waals surface area contributed by atoms with Crippen molar-refractivity contribution in [3.63, 3.8) is 0 Å². The maximum Gasteiger partial charge on any atom is 0.227 e. The lowest BCUT2D eigenvalue weighted by Gasteiger charge is -2.34. The zero-order valence-corrected chi connectivity index (χ0v) is 11.7. The van der Waals surface area contributed by atoms with E-state index in [0.29, 0.717) is 11.9 Å². The Balaban J connectivity index is 2.55. The lowest BCUT2D eigenvalue weighted by atomic mass is 9.97. The topological polar surface area (TPSA) is 35.6 Å². The first-order valence-electron chi connectivity index (χ1n) is 6.72. The monoisotopic (exact) mass is 241 g/mol. The third-order valence-electron chi connectivity index (χ3n) is 3.43. The zero-order valence-electron chi connectivity index (χ0n) is 11.7. The molecule has 1 aliphatic heterocycles. The molecule has 100 valence electrons. The number of rotatable bonds is 5. The van der Waals surface area contributed by atoms with Crippen LogP contribution in [0.1, 0.15) is 26.7 Å². The van der Waals surface area contributed by atoms with Gasteiger partial charge in [-0.1, -0.05) is 0 Å². The summed E-state index contributed by atoms with van der Waals surface area (Å²) in [6.45, 7) is 7.86. The minimum Gasteiger partial charge on any atom is -0.339 e. The van der Waals surface area contributed by atoms with Crippen LogP contribution in [0.4, 0.5) is 0 Å². The quantitative estimate of drug-likeness (QED) is 0.773. The summed E-state index contributed by atoms with van der Waals surface area (Å²) in [5, 5.41) is 3.32. The van der Waals surface area contributed by atoms with E-state index in [1.165, 1.54) is 0 Å². The molecule has 1 fully saturated rings. The van der Waals surface area contributed by atoms with E-state index in [9.17, 15) is 4.79 Å². The number of carbonyl (C=O) groups is 1. The number of amides is 1. The summed E-state index contributed by atoms with van der Waals surface area (Å²) in [4.78, 5) is 16.6. The van der Waals surface area contributed by atoms with Gasteiger partial charge in [-0.3, -0.25) is 4.79 Å². The molecule has 0 radical (unpaired) electrons. The van der Waals surface area contributed by atoms with Crippen LogP contribution in [-0.2, 0) is 4.79 Å². The van der Waals surface area contributed by atoms with Gasteiger partial charge in [0.05, 0.1) is 5.92 Å².